The van der Waals surface area contributed by atoms with Crippen LogP contribution >= 0.6 is 22.9 Å². The Kier molecular flexibility index (Phi) is 7.68. The summed E-state index contributed by atoms with van der Waals surface area (Å²) in [6.45, 7) is 0.678. The molecule has 12 heteroatoms. The molecule has 3 aromatic carbocycles. The molecule has 2 aromatic heterocycles. The second kappa shape index (κ2) is 10.8. The van der Waals surface area contributed by atoms with Crippen molar-refractivity contribution in [2.45, 2.75) is 29.6 Å². The molecule has 0 aliphatic rings. The Morgan fingerprint density at radius 3 is 2.37 bits per heavy atom. The average Bonchev–Trinajstić information content (AvgIpc) is 3.36. The fourth-order valence-corrected chi connectivity index (χ4v) is 7.06. The normalized spacial score (nSPS) is 14.6. The highest BCUT2D eigenvalue weighted by Crippen LogP contribution is 2.42. The van der Waals surface area contributed by atoms with Gasteiger partial charge in [-0.3, -0.25) is 4.98 Å². The molecule has 0 spiro atoms. The van der Waals surface area contributed by atoms with Crippen LogP contribution in [-0.2, 0) is 15.6 Å². The van der Waals surface area contributed by atoms with E-state index in [-0.39, 0.29) is 16.2 Å². The number of nitrogens with zero attached hydrogens (tertiary/aromatic N) is 1. The van der Waals surface area contributed by atoms with Gasteiger partial charge in [0.2, 0.25) is 10.0 Å². The van der Waals surface area contributed by atoms with Crippen LogP contribution in [0.2, 0.25) is 5.02 Å². The summed E-state index contributed by atoms with van der Waals surface area (Å²) in [5.41, 5.74) is -2.29. The number of sulfonamides is 1. The SMILES string of the molecule is CC(O)(c1ccnc(-c2cccc3cc(C(NS(=O)(=O)c4ccc(F)cc4)c4ccccc4Cl)sc23)c1)C(F)(F)F. The Labute approximate surface area is 242 Å². The molecule has 0 saturated carbocycles. The lowest BCUT2D eigenvalue weighted by molar-refractivity contribution is -0.258. The fourth-order valence-electron chi connectivity index (χ4n) is 4.29. The van der Waals surface area contributed by atoms with Gasteiger partial charge in [0.15, 0.2) is 5.60 Å². The molecule has 0 fully saturated rings. The minimum atomic E-state index is -4.91. The number of benzene rings is 3. The highest BCUT2D eigenvalue weighted by atomic mass is 35.5. The summed E-state index contributed by atoms with van der Waals surface area (Å²) in [5, 5.41) is 11.2. The highest BCUT2D eigenvalue weighted by Gasteiger charge is 2.51. The molecule has 2 unspecified atom stereocenters. The predicted octanol–water partition coefficient (Wildman–Crippen LogP) is 7.59. The number of rotatable bonds is 7. The monoisotopic (exact) mass is 620 g/mol. The van der Waals surface area contributed by atoms with Crippen LogP contribution < -0.4 is 4.72 Å². The molecule has 212 valence electrons. The first-order chi connectivity index (χ1) is 19.3. The van der Waals surface area contributed by atoms with Crippen molar-refractivity contribution in [1.82, 2.24) is 9.71 Å². The van der Waals surface area contributed by atoms with E-state index in [0.717, 1.165) is 30.3 Å². The molecule has 0 aliphatic heterocycles. The number of aliphatic hydroxyl groups is 1. The van der Waals surface area contributed by atoms with E-state index >= 15 is 0 Å². The number of aromatic nitrogens is 1. The van der Waals surface area contributed by atoms with Gasteiger partial charge < -0.3 is 5.11 Å². The topological polar surface area (TPSA) is 79.3 Å². The van der Waals surface area contributed by atoms with Crippen LogP contribution in [0.5, 0.6) is 0 Å². The van der Waals surface area contributed by atoms with Gasteiger partial charge in [-0.2, -0.15) is 17.9 Å². The zero-order valence-electron chi connectivity index (χ0n) is 21.2. The molecule has 41 heavy (non-hydrogen) atoms. The van der Waals surface area contributed by atoms with Crippen molar-refractivity contribution in [2.24, 2.45) is 0 Å². The minimum Gasteiger partial charge on any atom is -0.376 e. The number of pyridine rings is 1. The molecule has 2 atom stereocenters. The van der Waals surface area contributed by atoms with E-state index < -0.39 is 33.7 Å². The van der Waals surface area contributed by atoms with Gasteiger partial charge in [-0.15, -0.1) is 11.3 Å². The lowest BCUT2D eigenvalue weighted by atomic mass is 9.94. The van der Waals surface area contributed by atoms with Crippen molar-refractivity contribution < 1.29 is 31.1 Å². The molecule has 0 bridgehead atoms. The smallest absolute Gasteiger partial charge is 0.376 e. The van der Waals surface area contributed by atoms with Gasteiger partial charge in [-0.05, 0) is 72.0 Å². The third-order valence-electron chi connectivity index (χ3n) is 6.61. The second-order valence-corrected chi connectivity index (χ2v) is 12.6. The van der Waals surface area contributed by atoms with Gasteiger partial charge >= 0.3 is 6.18 Å². The third kappa shape index (κ3) is 5.73. The summed E-state index contributed by atoms with van der Waals surface area (Å²) in [5.74, 6) is -0.585. The summed E-state index contributed by atoms with van der Waals surface area (Å²) in [6.07, 6.45) is -3.71. The molecular formula is C29H21ClF4N2O3S2. The molecular weight excluding hydrogens is 600 g/mol. The Hall–Kier alpha value is -3.35. The molecule has 5 nitrogen and oxygen atoms in total. The molecule has 2 heterocycles. The van der Waals surface area contributed by atoms with E-state index in [1.807, 2.05) is 0 Å². The van der Waals surface area contributed by atoms with E-state index in [1.165, 1.54) is 23.6 Å². The molecule has 5 rings (SSSR count). The van der Waals surface area contributed by atoms with Crippen LogP contribution in [0.1, 0.15) is 29.0 Å². The summed E-state index contributed by atoms with van der Waals surface area (Å²) in [6, 6.07) is 19.4. The van der Waals surface area contributed by atoms with Crippen molar-refractivity contribution in [2.75, 3.05) is 0 Å². The summed E-state index contributed by atoms with van der Waals surface area (Å²) < 4.78 is 84.0. The van der Waals surface area contributed by atoms with Crippen molar-refractivity contribution in [3.8, 4) is 11.3 Å². The van der Waals surface area contributed by atoms with E-state index in [9.17, 15) is 31.1 Å². The van der Waals surface area contributed by atoms with Gasteiger partial charge in [-0.1, -0.05) is 48.0 Å². The molecule has 0 aliphatic carbocycles. The molecule has 0 radical (unpaired) electrons. The zero-order chi connectivity index (χ0) is 29.6. The van der Waals surface area contributed by atoms with Crippen LogP contribution in [-0.4, -0.2) is 24.7 Å². The number of halogens is 5. The van der Waals surface area contributed by atoms with Gasteiger partial charge in [-0.25, -0.2) is 12.8 Å². The van der Waals surface area contributed by atoms with Gasteiger partial charge in [0, 0.05) is 26.4 Å². The first kappa shape index (κ1) is 29.2. The highest BCUT2D eigenvalue weighted by molar-refractivity contribution is 7.89. The number of alkyl halides is 3. The fraction of sp³-hybridized carbons (Fsp3) is 0.138. The number of hydrogen-bond donors (Lipinski definition) is 2. The Morgan fingerprint density at radius 2 is 1.68 bits per heavy atom. The summed E-state index contributed by atoms with van der Waals surface area (Å²) in [7, 11) is -4.14. The van der Waals surface area contributed by atoms with Crippen LogP contribution in [0.25, 0.3) is 21.3 Å². The van der Waals surface area contributed by atoms with Gasteiger partial charge in [0.25, 0.3) is 0 Å². The predicted molar refractivity (Wildman–Crippen MR) is 151 cm³/mol. The van der Waals surface area contributed by atoms with Crippen molar-refractivity contribution in [3.05, 3.63) is 118 Å². The largest absolute Gasteiger partial charge is 0.421 e. The molecule has 0 amide bonds. The van der Waals surface area contributed by atoms with Crippen LogP contribution in [0.15, 0.2) is 96.0 Å². The van der Waals surface area contributed by atoms with Gasteiger partial charge in [0.1, 0.15) is 5.82 Å². The molecule has 0 saturated heterocycles. The van der Waals surface area contributed by atoms with Gasteiger partial charge in [0.05, 0.1) is 16.6 Å². The van der Waals surface area contributed by atoms with Crippen LogP contribution in [0.3, 0.4) is 0 Å². The lowest BCUT2D eigenvalue weighted by Crippen LogP contribution is -2.39. The van der Waals surface area contributed by atoms with Crippen molar-refractivity contribution in [3.63, 3.8) is 0 Å². The average molecular weight is 621 g/mol. The number of nitrogens with one attached hydrogen (secondary N) is 1. The van der Waals surface area contributed by atoms with Crippen molar-refractivity contribution >= 4 is 43.0 Å². The Morgan fingerprint density at radius 1 is 0.976 bits per heavy atom. The summed E-state index contributed by atoms with van der Waals surface area (Å²) in [4.78, 5) is 4.66. The minimum absolute atomic E-state index is 0.143. The Bertz CT molecular complexity index is 1840. The summed E-state index contributed by atoms with van der Waals surface area (Å²) >= 11 is 7.70. The maximum atomic E-state index is 13.5. The molecule has 5 aromatic rings. The Balaban J connectivity index is 1.63. The van der Waals surface area contributed by atoms with E-state index in [1.54, 1.807) is 48.5 Å². The first-order valence-electron chi connectivity index (χ1n) is 12.1. The number of hydrogen-bond acceptors (Lipinski definition) is 5. The van der Waals surface area contributed by atoms with E-state index in [4.69, 9.17) is 11.6 Å². The van der Waals surface area contributed by atoms with Crippen LogP contribution in [0.4, 0.5) is 17.6 Å². The second-order valence-electron chi connectivity index (χ2n) is 9.40. The first-order valence-corrected chi connectivity index (χ1v) is 14.8. The maximum Gasteiger partial charge on any atom is 0.421 e. The zero-order valence-corrected chi connectivity index (χ0v) is 23.5. The standard InChI is InChI=1S/C29H21ClF4N2O3S2/c1-28(37,29(32,33)34)18-13-14-35-24(16-18)22-7-4-5-17-15-25(40-27(17)22)26(21-6-2-3-8-23(21)30)36-41(38,39)20-11-9-19(31)10-12-20/h2-16,26,36-37H,1H3. The number of thiophene rings is 1. The number of fused-ring (bicyclic) bond motifs is 1. The maximum absolute atomic E-state index is 13.5. The lowest BCUT2D eigenvalue weighted by Gasteiger charge is -2.26. The molecule has 2 N–H and O–H groups in total. The van der Waals surface area contributed by atoms with Crippen LogP contribution in [0, 0.1) is 5.82 Å². The third-order valence-corrected chi connectivity index (χ3v) is 9.64. The van der Waals surface area contributed by atoms with Crippen molar-refractivity contribution in [1.29, 1.82) is 0 Å². The van der Waals surface area contributed by atoms with E-state index in [2.05, 4.69) is 9.71 Å². The van der Waals surface area contributed by atoms with E-state index in [0.29, 0.717) is 38.0 Å². The quantitative estimate of drug-likeness (QED) is 0.184.